The highest BCUT2D eigenvalue weighted by molar-refractivity contribution is 5.50. The van der Waals surface area contributed by atoms with Crippen LogP contribution in [0.5, 0.6) is 0 Å². The zero-order chi connectivity index (χ0) is 16.7. The first-order chi connectivity index (χ1) is 11.9. The molecule has 0 unspecified atom stereocenters. The minimum atomic E-state index is -0.195. The maximum Gasteiger partial charge on any atom is 0.0480 e. The van der Waals surface area contributed by atoms with Crippen molar-refractivity contribution in [3.8, 4) is 0 Å². The highest BCUT2D eigenvalue weighted by Gasteiger charge is 2.35. The van der Waals surface area contributed by atoms with Gasteiger partial charge >= 0.3 is 0 Å². The van der Waals surface area contributed by atoms with Crippen molar-refractivity contribution in [3.05, 3.63) is 108 Å². The number of hydrogen-bond donors (Lipinski definition) is 0. The van der Waals surface area contributed by atoms with Gasteiger partial charge in [-0.3, -0.25) is 0 Å². The molecule has 0 saturated carbocycles. The van der Waals surface area contributed by atoms with Gasteiger partial charge in [0.25, 0.3) is 0 Å². The molecule has 0 bridgehead atoms. The lowest BCUT2D eigenvalue weighted by molar-refractivity contribution is 0.135. The summed E-state index contributed by atoms with van der Waals surface area (Å²) < 4.78 is 5.75. The summed E-state index contributed by atoms with van der Waals surface area (Å²) in [5.41, 5.74) is 3.73. The quantitative estimate of drug-likeness (QED) is 0.416. The first-order valence-corrected chi connectivity index (χ1v) is 8.62. The molecule has 0 saturated heterocycles. The van der Waals surface area contributed by atoms with Crippen LogP contribution >= 0.6 is 0 Å². The van der Waals surface area contributed by atoms with Gasteiger partial charge in [-0.2, -0.15) is 0 Å². The molecule has 0 aliphatic carbocycles. The van der Waals surface area contributed by atoms with Crippen LogP contribution in [0, 0.1) is 0 Å². The zero-order valence-corrected chi connectivity index (χ0v) is 14.2. The molecule has 0 radical (unpaired) electrons. The van der Waals surface area contributed by atoms with Crippen LogP contribution in [0.2, 0.25) is 0 Å². The SMILES string of the molecule is CCOCCC(c1ccccc1)(c1ccccc1)c1ccccc1. The smallest absolute Gasteiger partial charge is 0.0480 e. The van der Waals surface area contributed by atoms with Crippen LogP contribution in [0.4, 0.5) is 0 Å². The van der Waals surface area contributed by atoms with Crippen LogP contribution in [-0.4, -0.2) is 13.2 Å². The van der Waals surface area contributed by atoms with Crippen molar-refractivity contribution in [1.29, 1.82) is 0 Å². The van der Waals surface area contributed by atoms with Crippen LogP contribution in [0.1, 0.15) is 30.0 Å². The van der Waals surface area contributed by atoms with Crippen molar-refractivity contribution in [2.24, 2.45) is 0 Å². The van der Waals surface area contributed by atoms with Crippen molar-refractivity contribution in [1.82, 2.24) is 0 Å². The number of rotatable bonds is 7. The van der Waals surface area contributed by atoms with Crippen LogP contribution < -0.4 is 0 Å². The van der Waals surface area contributed by atoms with Gasteiger partial charge in [0.05, 0.1) is 0 Å². The van der Waals surface area contributed by atoms with Crippen LogP contribution in [-0.2, 0) is 10.2 Å². The summed E-state index contributed by atoms with van der Waals surface area (Å²) in [4.78, 5) is 0. The van der Waals surface area contributed by atoms with E-state index in [4.69, 9.17) is 4.74 Å². The third-order valence-corrected chi connectivity index (χ3v) is 4.63. The molecule has 24 heavy (non-hydrogen) atoms. The van der Waals surface area contributed by atoms with E-state index in [1.165, 1.54) is 16.7 Å². The van der Waals surface area contributed by atoms with Crippen molar-refractivity contribution >= 4 is 0 Å². The number of benzene rings is 3. The fraction of sp³-hybridized carbons (Fsp3) is 0.217. The Morgan fingerprint density at radius 2 is 1.00 bits per heavy atom. The van der Waals surface area contributed by atoms with E-state index in [0.717, 1.165) is 19.6 Å². The monoisotopic (exact) mass is 316 g/mol. The van der Waals surface area contributed by atoms with Gasteiger partial charge in [0.15, 0.2) is 0 Å². The summed E-state index contributed by atoms with van der Waals surface area (Å²) in [5.74, 6) is 0. The topological polar surface area (TPSA) is 9.23 Å². The van der Waals surface area contributed by atoms with Gasteiger partial charge in [-0.15, -0.1) is 0 Å². The van der Waals surface area contributed by atoms with Crippen molar-refractivity contribution in [3.63, 3.8) is 0 Å². The van der Waals surface area contributed by atoms with Gasteiger partial charge in [0.1, 0.15) is 0 Å². The molecule has 0 atom stereocenters. The van der Waals surface area contributed by atoms with Crippen molar-refractivity contribution < 1.29 is 4.74 Å². The van der Waals surface area contributed by atoms with E-state index in [1.807, 2.05) is 0 Å². The molecule has 1 heteroatoms. The fourth-order valence-electron chi connectivity index (χ4n) is 3.47. The van der Waals surface area contributed by atoms with Gasteiger partial charge in [-0.1, -0.05) is 91.0 Å². The second-order valence-corrected chi connectivity index (χ2v) is 5.95. The Morgan fingerprint density at radius 1 is 0.625 bits per heavy atom. The summed E-state index contributed by atoms with van der Waals surface area (Å²) >= 11 is 0. The van der Waals surface area contributed by atoms with E-state index in [-0.39, 0.29) is 5.41 Å². The summed E-state index contributed by atoms with van der Waals surface area (Å²) in [6.45, 7) is 3.53. The van der Waals surface area contributed by atoms with E-state index in [2.05, 4.69) is 97.9 Å². The molecule has 0 aromatic heterocycles. The molecule has 0 spiro atoms. The number of hydrogen-bond acceptors (Lipinski definition) is 1. The summed E-state index contributed by atoms with van der Waals surface area (Å²) in [7, 11) is 0. The Morgan fingerprint density at radius 3 is 1.33 bits per heavy atom. The van der Waals surface area contributed by atoms with Gasteiger partial charge in [-0.05, 0) is 30.0 Å². The largest absolute Gasteiger partial charge is 0.382 e. The molecule has 0 amide bonds. The molecular weight excluding hydrogens is 292 g/mol. The molecule has 3 aromatic carbocycles. The Labute approximate surface area is 144 Å². The first-order valence-electron chi connectivity index (χ1n) is 8.62. The average Bonchev–Trinajstić information content (AvgIpc) is 2.68. The standard InChI is InChI=1S/C23H24O/c1-2-24-19-18-23(20-12-6-3-7-13-20,21-14-8-4-9-15-21)22-16-10-5-11-17-22/h3-17H,2,18-19H2,1H3. The number of ether oxygens (including phenoxy) is 1. The maximum atomic E-state index is 5.75. The summed E-state index contributed by atoms with van der Waals surface area (Å²) in [6.07, 6.45) is 0.916. The molecule has 0 fully saturated rings. The van der Waals surface area contributed by atoms with E-state index in [9.17, 15) is 0 Å². The second kappa shape index (κ2) is 7.94. The minimum Gasteiger partial charge on any atom is -0.382 e. The van der Waals surface area contributed by atoms with E-state index in [1.54, 1.807) is 0 Å². The van der Waals surface area contributed by atoms with E-state index in [0.29, 0.717) is 0 Å². The fourth-order valence-corrected chi connectivity index (χ4v) is 3.47. The molecular formula is C23H24O. The van der Waals surface area contributed by atoms with Gasteiger partial charge in [0, 0.05) is 18.6 Å². The maximum absolute atomic E-state index is 5.75. The predicted molar refractivity (Wildman–Crippen MR) is 100 cm³/mol. The van der Waals surface area contributed by atoms with Gasteiger partial charge in [-0.25, -0.2) is 0 Å². The lowest BCUT2D eigenvalue weighted by atomic mass is 9.67. The predicted octanol–water partition coefficient (Wildman–Crippen LogP) is 5.45. The highest BCUT2D eigenvalue weighted by atomic mass is 16.5. The molecule has 0 heterocycles. The first kappa shape index (κ1) is 16.5. The Hall–Kier alpha value is -2.38. The molecule has 0 N–H and O–H groups in total. The second-order valence-electron chi connectivity index (χ2n) is 5.95. The Bertz CT molecular complexity index is 623. The highest BCUT2D eigenvalue weighted by Crippen LogP contribution is 2.42. The van der Waals surface area contributed by atoms with Gasteiger partial charge in [0.2, 0.25) is 0 Å². The molecule has 3 rings (SSSR count). The average molecular weight is 316 g/mol. The molecule has 1 nitrogen and oxygen atoms in total. The third kappa shape index (κ3) is 3.27. The molecule has 122 valence electrons. The lowest BCUT2D eigenvalue weighted by Crippen LogP contribution is -2.31. The van der Waals surface area contributed by atoms with Crippen molar-refractivity contribution in [2.75, 3.05) is 13.2 Å². The van der Waals surface area contributed by atoms with Crippen LogP contribution in [0.15, 0.2) is 91.0 Å². The molecule has 0 aliphatic heterocycles. The Balaban J connectivity index is 2.20. The Kier molecular flexibility index (Phi) is 5.45. The molecule has 3 aromatic rings. The van der Waals surface area contributed by atoms with Crippen LogP contribution in [0.3, 0.4) is 0 Å². The van der Waals surface area contributed by atoms with Crippen molar-refractivity contribution in [2.45, 2.75) is 18.8 Å². The molecule has 0 aliphatic rings. The minimum absolute atomic E-state index is 0.195. The van der Waals surface area contributed by atoms with Crippen LogP contribution in [0.25, 0.3) is 0 Å². The van der Waals surface area contributed by atoms with E-state index < -0.39 is 0 Å². The van der Waals surface area contributed by atoms with Gasteiger partial charge < -0.3 is 4.74 Å². The van der Waals surface area contributed by atoms with E-state index >= 15 is 0 Å². The lowest BCUT2D eigenvalue weighted by Gasteiger charge is -2.36. The zero-order valence-electron chi connectivity index (χ0n) is 14.2. The summed E-state index contributed by atoms with van der Waals surface area (Å²) in [5, 5.41) is 0. The normalized spacial score (nSPS) is 11.4. The summed E-state index contributed by atoms with van der Waals surface area (Å²) in [6, 6.07) is 32.3. The third-order valence-electron chi connectivity index (χ3n) is 4.63.